The quantitative estimate of drug-likeness (QED) is 0.0218. The normalized spacial score (nSPS) is 15.5. The largest absolute Gasteiger partial charge is 0.508 e. The number of primary amides is 2. The van der Waals surface area contributed by atoms with E-state index < -0.39 is 192 Å². The number of thiol groups is 1. The monoisotopic (exact) mass is 1350 g/mol. The van der Waals surface area contributed by atoms with Gasteiger partial charge in [-0.3, -0.25) is 62.3 Å². The fourth-order valence-electron chi connectivity index (χ4n) is 8.99. The summed E-state index contributed by atoms with van der Waals surface area (Å²) in [6.45, 7) is 15.1. The number of aliphatic carboxylic acids is 1. The highest BCUT2D eigenvalue weighted by molar-refractivity contribution is 7.80. The number of imidazole rings is 1. The third-order valence-electron chi connectivity index (χ3n) is 14.7. The van der Waals surface area contributed by atoms with Crippen LogP contribution in [0.3, 0.4) is 0 Å². The van der Waals surface area contributed by atoms with Gasteiger partial charge in [-0.25, -0.2) is 9.78 Å². The number of carboxylic acid groups (broad SMARTS) is 1. The molecule has 0 spiro atoms. The smallest absolute Gasteiger partial charge is 0.327 e. The summed E-state index contributed by atoms with van der Waals surface area (Å²) >= 11 is 3.97. The van der Waals surface area contributed by atoms with Gasteiger partial charge in [0.25, 0.3) is 0 Å². The molecular weight excluding hydrogens is 1250 g/mol. The molecule has 2 rings (SSSR count). The number of phenolic OH excluding ortho intramolecular Hbond substituents is 1. The number of nitrogens with two attached hydrogens (primary N) is 4. The maximum atomic E-state index is 14.4. The number of nitrogens with zero attached hydrogens (tertiary/aromatic N) is 1. The van der Waals surface area contributed by atoms with E-state index in [4.69, 9.17) is 22.9 Å². The number of hydrogen-bond acceptors (Lipinski definition) is 20. The third-order valence-corrected chi connectivity index (χ3v) is 15.0. The van der Waals surface area contributed by atoms with Crippen molar-refractivity contribution in [2.75, 3.05) is 12.3 Å². The van der Waals surface area contributed by atoms with Crippen molar-refractivity contribution < 1.29 is 82.4 Å². The number of aliphatic hydroxyl groups is 1. The van der Waals surface area contributed by atoms with Gasteiger partial charge in [-0.15, -0.1) is 0 Å². The number of aromatic hydroxyl groups is 1. The lowest BCUT2D eigenvalue weighted by molar-refractivity contribution is -0.141. The summed E-state index contributed by atoms with van der Waals surface area (Å²) in [4.78, 5) is 195. The number of amides is 13. The summed E-state index contributed by atoms with van der Waals surface area (Å²) < 4.78 is 0. The zero-order valence-electron chi connectivity index (χ0n) is 54.4. The third kappa shape index (κ3) is 27.3. The Morgan fingerprint density at radius 3 is 1.29 bits per heavy atom. The van der Waals surface area contributed by atoms with Gasteiger partial charge in [-0.2, -0.15) is 12.6 Å². The first kappa shape index (κ1) is 81.1. The van der Waals surface area contributed by atoms with Gasteiger partial charge in [-0.1, -0.05) is 67.5 Å². The molecule has 13 atom stereocenters. The van der Waals surface area contributed by atoms with Gasteiger partial charge < -0.3 is 102 Å². The van der Waals surface area contributed by atoms with Crippen LogP contribution in [0.25, 0.3) is 0 Å². The van der Waals surface area contributed by atoms with E-state index in [1.807, 2.05) is 0 Å². The van der Waals surface area contributed by atoms with E-state index >= 15 is 0 Å². The molecule has 23 N–H and O–H groups in total. The standard InChI is InChI=1S/C59H95N17O17S/c1-26(2)43(63)54(87)68-37(20-33-23-64-25-65-33)52(85)74-46(29(7)8)56(89)70-38(21-41(61)79)50(83)66-30(9)48(81)76-47(31(10)77)58(91)69-36(19-32-14-16-34(78)17-15-32)51(84)73-45(28(5)6)57(90)71-39(22-42(62)80)53(86)75-44(27(3)4)55(88)67-35(13-11-12-18-60)49(82)72-40(24-94)59(92)93/h14-17,23,25-31,35-40,43-47,77-78,94H,11-13,18-22,24,60,63H2,1-10H3,(H2,61,79)(H2,62,80)(H,64,65)(H,66,83)(H,67,88)(H,68,87)(H,69,91)(H,70,89)(H,71,90)(H,72,82)(H,73,84)(H,74,85)(H,75,86)(H,76,81)(H,92,93)/t30-,31+,35-,36-,37-,38-,39-,40-,43-,44-,45-,46-,47-/m0/s1. The molecule has 0 aliphatic carbocycles. The van der Waals surface area contributed by atoms with Crippen LogP contribution in [0.5, 0.6) is 5.75 Å². The molecule has 0 saturated carbocycles. The molecule has 0 unspecified atom stereocenters. The van der Waals surface area contributed by atoms with Crippen LogP contribution in [0.15, 0.2) is 36.8 Å². The molecular formula is C59H95N17O17S. The number of aromatic amines is 1. The molecule has 524 valence electrons. The molecule has 13 amide bonds. The number of hydrogen-bond donors (Lipinski definition) is 20. The van der Waals surface area contributed by atoms with Gasteiger partial charge in [0.1, 0.15) is 72.2 Å². The summed E-state index contributed by atoms with van der Waals surface area (Å²) in [7, 11) is 0. The molecule has 0 bridgehead atoms. The van der Waals surface area contributed by atoms with Crippen LogP contribution in [0.4, 0.5) is 0 Å². The zero-order chi connectivity index (χ0) is 71.4. The Balaban J connectivity index is 2.40. The Kier molecular flexibility index (Phi) is 34.1. The minimum atomic E-state index is -1.89. The van der Waals surface area contributed by atoms with Crippen molar-refractivity contribution >= 4 is 95.4 Å². The van der Waals surface area contributed by atoms with Crippen molar-refractivity contribution in [3.8, 4) is 5.75 Å². The highest BCUT2D eigenvalue weighted by Crippen LogP contribution is 2.15. The number of H-pyrrole nitrogens is 1. The van der Waals surface area contributed by atoms with Crippen LogP contribution in [0, 0.1) is 23.7 Å². The first-order chi connectivity index (χ1) is 43.9. The van der Waals surface area contributed by atoms with E-state index in [1.165, 1.54) is 64.5 Å². The minimum Gasteiger partial charge on any atom is -0.508 e. The summed E-state index contributed by atoms with van der Waals surface area (Å²) in [5, 5.41) is 57.2. The lowest BCUT2D eigenvalue weighted by atomic mass is 9.99. The van der Waals surface area contributed by atoms with Crippen molar-refractivity contribution in [3.63, 3.8) is 0 Å². The first-order valence-electron chi connectivity index (χ1n) is 30.6. The van der Waals surface area contributed by atoms with Crippen LogP contribution in [0.2, 0.25) is 0 Å². The molecule has 94 heavy (non-hydrogen) atoms. The van der Waals surface area contributed by atoms with Crippen LogP contribution >= 0.6 is 12.6 Å². The predicted molar refractivity (Wildman–Crippen MR) is 342 cm³/mol. The Morgan fingerprint density at radius 1 is 0.489 bits per heavy atom. The average molecular weight is 1350 g/mol. The molecule has 1 heterocycles. The SMILES string of the molecule is CC(C)[C@H](N)C(=O)N[C@@H](Cc1cnc[nH]1)C(=O)N[C@H](C(=O)N[C@@H](CC(N)=O)C(=O)N[C@@H](C)C(=O)N[C@H](C(=O)N[C@@H](Cc1ccc(O)cc1)C(=O)N[C@H](C(=O)N[C@@H](CC(N)=O)C(=O)N[C@H](C(=O)N[C@@H](CCCCN)C(=O)N[C@@H](CS)C(=O)O)C(C)C)C(C)C)[C@@H](C)O)C(C)C. The minimum absolute atomic E-state index is 0.0183. The zero-order valence-corrected chi connectivity index (χ0v) is 55.3. The van der Waals surface area contributed by atoms with Crippen molar-refractivity contribution in [1.82, 2.24) is 68.5 Å². The fourth-order valence-corrected chi connectivity index (χ4v) is 9.24. The van der Waals surface area contributed by atoms with Gasteiger partial charge in [0, 0.05) is 30.5 Å². The number of carboxylic acids is 1. The van der Waals surface area contributed by atoms with Gasteiger partial charge in [-0.05, 0) is 81.0 Å². The number of phenols is 1. The molecule has 34 nitrogen and oxygen atoms in total. The number of carbonyl (C=O) groups is 14. The number of unbranched alkanes of at least 4 members (excludes halogenated alkanes) is 1. The number of aromatic nitrogens is 2. The number of benzene rings is 1. The fraction of sp³-hybridized carbons (Fsp3) is 0.610. The highest BCUT2D eigenvalue weighted by atomic mass is 32.1. The second kappa shape index (κ2) is 39.6. The van der Waals surface area contributed by atoms with Crippen LogP contribution in [-0.2, 0) is 80.0 Å². The van der Waals surface area contributed by atoms with Crippen molar-refractivity contribution in [2.45, 2.75) is 193 Å². The molecule has 1 aromatic heterocycles. The summed E-state index contributed by atoms with van der Waals surface area (Å²) in [6.07, 6.45) is -0.274. The molecule has 1 aromatic carbocycles. The number of nitrogens with one attached hydrogen (secondary N) is 12. The van der Waals surface area contributed by atoms with Crippen LogP contribution in [-0.4, -0.2) is 199 Å². The van der Waals surface area contributed by atoms with E-state index in [9.17, 15) is 82.4 Å². The van der Waals surface area contributed by atoms with Gasteiger partial charge in [0.05, 0.1) is 31.3 Å². The van der Waals surface area contributed by atoms with Crippen LogP contribution < -0.4 is 81.4 Å². The second-order valence-corrected chi connectivity index (χ2v) is 24.4. The molecule has 0 radical (unpaired) electrons. The first-order valence-corrected chi connectivity index (χ1v) is 31.2. The topological polar surface area (TPSA) is 565 Å². The van der Waals surface area contributed by atoms with E-state index in [0.717, 1.165) is 13.8 Å². The summed E-state index contributed by atoms with van der Waals surface area (Å²) in [6, 6.07) is -12.7. The Bertz CT molecular complexity index is 2930. The highest BCUT2D eigenvalue weighted by Gasteiger charge is 2.39. The van der Waals surface area contributed by atoms with E-state index in [0.29, 0.717) is 24.1 Å². The Hall–Kier alpha value is -8.96. The average Bonchev–Trinajstić information content (AvgIpc) is 0.913. The number of rotatable bonds is 41. The van der Waals surface area contributed by atoms with E-state index in [1.54, 1.807) is 27.7 Å². The molecule has 2 aromatic rings. The van der Waals surface area contributed by atoms with Crippen molar-refractivity contribution in [2.24, 2.45) is 46.6 Å². The molecule has 35 heteroatoms. The van der Waals surface area contributed by atoms with Crippen LogP contribution in [0.1, 0.15) is 113 Å². The maximum Gasteiger partial charge on any atom is 0.327 e. The number of aliphatic hydroxyl groups excluding tert-OH is 1. The number of carbonyl (C=O) groups excluding carboxylic acids is 13. The lowest BCUT2D eigenvalue weighted by Gasteiger charge is -2.30. The van der Waals surface area contributed by atoms with Gasteiger partial charge in [0.15, 0.2) is 0 Å². The molecule has 0 aliphatic heterocycles. The second-order valence-electron chi connectivity index (χ2n) is 24.1. The predicted octanol–water partition coefficient (Wildman–Crippen LogP) is -5.52. The molecule has 0 aliphatic rings. The Morgan fingerprint density at radius 2 is 0.883 bits per heavy atom. The van der Waals surface area contributed by atoms with Crippen molar-refractivity contribution in [1.29, 1.82) is 0 Å². The lowest BCUT2D eigenvalue weighted by Crippen LogP contribution is -2.63. The van der Waals surface area contributed by atoms with Crippen molar-refractivity contribution in [3.05, 3.63) is 48.0 Å². The van der Waals surface area contributed by atoms with Gasteiger partial charge >= 0.3 is 5.97 Å². The van der Waals surface area contributed by atoms with E-state index in [2.05, 4.69) is 81.1 Å². The summed E-state index contributed by atoms with van der Waals surface area (Å²) in [5.74, 6) is -17.4. The van der Waals surface area contributed by atoms with Gasteiger partial charge in [0.2, 0.25) is 76.8 Å². The Labute approximate surface area is 549 Å². The van der Waals surface area contributed by atoms with E-state index in [-0.39, 0.29) is 43.2 Å². The molecule has 0 fully saturated rings. The summed E-state index contributed by atoms with van der Waals surface area (Å²) in [5.41, 5.74) is 23.4. The maximum absolute atomic E-state index is 14.4. The molecule has 0 saturated heterocycles.